The predicted octanol–water partition coefficient (Wildman–Crippen LogP) is 1.84. The molecule has 2 atom stereocenters. The molecule has 3 rings (SSSR count). The lowest BCUT2D eigenvalue weighted by atomic mass is 10.00. The molecular formula is C15H20N2OS. The third kappa shape index (κ3) is 2.51. The lowest BCUT2D eigenvalue weighted by Gasteiger charge is -2.37. The van der Waals surface area contributed by atoms with Gasteiger partial charge in [-0.3, -0.25) is 4.79 Å². The molecule has 19 heavy (non-hydrogen) atoms. The monoisotopic (exact) mass is 276 g/mol. The Bertz CT molecular complexity index is 477. The molecule has 1 aromatic carbocycles. The number of rotatable bonds is 1. The summed E-state index contributed by atoms with van der Waals surface area (Å²) in [7, 11) is 0. The first kappa shape index (κ1) is 13.0. The Morgan fingerprint density at radius 1 is 1.42 bits per heavy atom. The maximum absolute atomic E-state index is 12.8. The SMILES string of the molecule is C[C@H]1CNCCN1C(=O)C1SCCc2ccccc21. The summed E-state index contributed by atoms with van der Waals surface area (Å²) in [6.45, 7) is 4.78. The van der Waals surface area contributed by atoms with Crippen molar-refractivity contribution in [3.63, 3.8) is 0 Å². The zero-order valence-corrected chi connectivity index (χ0v) is 12.1. The lowest BCUT2D eigenvalue weighted by Crippen LogP contribution is -2.53. The Labute approximate surface area is 118 Å². The van der Waals surface area contributed by atoms with Crippen molar-refractivity contribution in [3.05, 3.63) is 35.4 Å². The molecule has 0 bridgehead atoms. The number of aryl methyl sites for hydroxylation is 1. The third-order valence-electron chi connectivity index (χ3n) is 4.00. The van der Waals surface area contributed by atoms with Crippen molar-refractivity contribution in [2.45, 2.75) is 24.6 Å². The summed E-state index contributed by atoms with van der Waals surface area (Å²) < 4.78 is 0. The average Bonchev–Trinajstić information content (AvgIpc) is 2.46. The fourth-order valence-corrected chi connectivity index (χ4v) is 4.18. The van der Waals surface area contributed by atoms with E-state index in [-0.39, 0.29) is 5.25 Å². The van der Waals surface area contributed by atoms with Gasteiger partial charge in [0.1, 0.15) is 5.25 Å². The molecule has 4 heteroatoms. The maximum atomic E-state index is 12.8. The second-order valence-electron chi connectivity index (χ2n) is 5.28. The number of thioether (sulfide) groups is 1. The van der Waals surface area contributed by atoms with Gasteiger partial charge in [-0.1, -0.05) is 24.3 Å². The summed E-state index contributed by atoms with van der Waals surface area (Å²) in [5, 5.41) is 3.35. The van der Waals surface area contributed by atoms with Gasteiger partial charge in [0.25, 0.3) is 0 Å². The van der Waals surface area contributed by atoms with E-state index in [1.165, 1.54) is 11.1 Å². The van der Waals surface area contributed by atoms with Crippen LogP contribution in [0, 0.1) is 0 Å². The fourth-order valence-electron chi connectivity index (χ4n) is 2.92. The van der Waals surface area contributed by atoms with Gasteiger partial charge in [-0.15, -0.1) is 11.8 Å². The van der Waals surface area contributed by atoms with E-state index in [0.717, 1.165) is 31.8 Å². The molecule has 2 heterocycles. The van der Waals surface area contributed by atoms with Crippen LogP contribution in [0.4, 0.5) is 0 Å². The Morgan fingerprint density at radius 3 is 3.11 bits per heavy atom. The van der Waals surface area contributed by atoms with Crippen molar-refractivity contribution in [1.82, 2.24) is 10.2 Å². The molecule has 2 aliphatic rings. The van der Waals surface area contributed by atoms with Crippen molar-refractivity contribution >= 4 is 17.7 Å². The molecule has 1 saturated heterocycles. The van der Waals surface area contributed by atoms with Gasteiger partial charge in [0.2, 0.25) is 5.91 Å². The van der Waals surface area contributed by atoms with Crippen molar-refractivity contribution in [1.29, 1.82) is 0 Å². The van der Waals surface area contributed by atoms with Gasteiger partial charge in [-0.2, -0.15) is 0 Å². The van der Waals surface area contributed by atoms with Crippen LogP contribution in [0.1, 0.15) is 23.3 Å². The van der Waals surface area contributed by atoms with Crippen LogP contribution < -0.4 is 5.32 Å². The highest BCUT2D eigenvalue weighted by Crippen LogP contribution is 2.38. The molecular weight excluding hydrogens is 256 g/mol. The molecule has 0 spiro atoms. The molecule has 102 valence electrons. The minimum absolute atomic E-state index is 0.00509. The van der Waals surface area contributed by atoms with Crippen LogP contribution in [0.5, 0.6) is 0 Å². The summed E-state index contributed by atoms with van der Waals surface area (Å²) in [5.41, 5.74) is 2.58. The highest BCUT2D eigenvalue weighted by Gasteiger charge is 2.33. The molecule has 1 unspecified atom stereocenters. The maximum Gasteiger partial charge on any atom is 0.240 e. The van der Waals surface area contributed by atoms with Crippen molar-refractivity contribution in [2.24, 2.45) is 0 Å². The zero-order valence-electron chi connectivity index (χ0n) is 11.3. The van der Waals surface area contributed by atoms with Gasteiger partial charge in [0, 0.05) is 25.7 Å². The number of hydrogen-bond donors (Lipinski definition) is 1. The molecule has 2 aliphatic heterocycles. The molecule has 1 aromatic rings. The first-order valence-electron chi connectivity index (χ1n) is 6.98. The quantitative estimate of drug-likeness (QED) is 0.849. The van der Waals surface area contributed by atoms with E-state index >= 15 is 0 Å². The topological polar surface area (TPSA) is 32.3 Å². The third-order valence-corrected chi connectivity index (χ3v) is 5.23. The predicted molar refractivity (Wildman–Crippen MR) is 79.4 cm³/mol. The van der Waals surface area contributed by atoms with Gasteiger partial charge < -0.3 is 10.2 Å². The first-order valence-corrected chi connectivity index (χ1v) is 8.03. The van der Waals surface area contributed by atoms with Gasteiger partial charge in [-0.05, 0) is 30.2 Å². The standard InChI is InChI=1S/C15H20N2OS/c1-11-10-16-7-8-17(11)15(18)14-13-5-3-2-4-12(13)6-9-19-14/h2-5,11,14,16H,6-10H2,1H3/t11-,14?/m0/s1. The van der Waals surface area contributed by atoms with Crippen LogP contribution in [0.3, 0.4) is 0 Å². The lowest BCUT2D eigenvalue weighted by molar-refractivity contribution is -0.133. The molecule has 1 amide bonds. The molecule has 0 radical (unpaired) electrons. The van der Waals surface area contributed by atoms with Crippen molar-refractivity contribution in [3.8, 4) is 0 Å². The van der Waals surface area contributed by atoms with Gasteiger partial charge >= 0.3 is 0 Å². The normalized spacial score (nSPS) is 26.9. The van der Waals surface area contributed by atoms with Gasteiger partial charge in [-0.25, -0.2) is 0 Å². The minimum atomic E-state index is 0.00509. The van der Waals surface area contributed by atoms with E-state index in [0.29, 0.717) is 11.9 Å². The molecule has 3 nitrogen and oxygen atoms in total. The highest BCUT2D eigenvalue weighted by atomic mass is 32.2. The van der Waals surface area contributed by atoms with E-state index in [1.807, 2.05) is 6.07 Å². The number of amides is 1. The van der Waals surface area contributed by atoms with E-state index in [2.05, 4.69) is 35.3 Å². The highest BCUT2D eigenvalue weighted by molar-refractivity contribution is 8.00. The van der Waals surface area contributed by atoms with Gasteiger partial charge in [0.15, 0.2) is 0 Å². The number of benzene rings is 1. The van der Waals surface area contributed by atoms with Crippen LogP contribution in [0.2, 0.25) is 0 Å². The molecule has 1 N–H and O–H groups in total. The van der Waals surface area contributed by atoms with Crippen LogP contribution in [-0.2, 0) is 11.2 Å². The van der Waals surface area contributed by atoms with Crippen molar-refractivity contribution in [2.75, 3.05) is 25.4 Å². The van der Waals surface area contributed by atoms with Crippen LogP contribution >= 0.6 is 11.8 Å². The second kappa shape index (κ2) is 5.55. The minimum Gasteiger partial charge on any atom is -0.336 e. The van der Waals surface area contributed by atoms with Crippen LogP contribution in [0.15, 0.2) is 24.3 Å². The number of nitrogens with one attached hydrogen (secondary N) is 1. The number of piperazine rings is 1. The summed E-state index contributed by atoms with van der Waals surface area (Å²) in [6, 6.07) is 8.71. The average molecular weight is 276 g/mol. The Balaban J connectivity index is 1.84. The number of carbonyl (C=O) groups excluding carboxylic acids is 1. The molecule has 0 saturated carbocycles. The van der Waals surface area contributed by atoms with E-state index in [4.69, 9.17) is 0 Å². The van der Waals surface area contributed by atoms with Crippen LogP contribution in [0.25, 0.3) is 0 Å². The molecule has 0 aliphatic carbocycles. The zero-order chi connectivity index (χ0) is 13.2. The summed E-state index contributed by atoms with van der Waals surface area (Å²) in [5.74, 6) is 1.35. The Kier molecular flexibility index (Phi) is 3.80. The Morgan fingerprint density at radius 2 is 2.26 bits per heavy atom. The number of carbonyl (C=O) groups is 1. The summed E-state index contributed by atoms with van der Waals surface area (Å²) in [6.07, 6.45) is 1.09. The fraction of sp³-hybridized carbons (Fsp3) is 0.533. The first-order chi connectivity index (χ1) is 9.27. The Hall–Kier alpha value is -1.00. The largest absolute Gasteiger partial charge is 0.336 e. The van der Waals surface area contributed by atoms with E-state index in [9.17, 15) is 4.79 Å². The smallest absolute Gasteiger partial charge is 0.240 e. The van der Waals surface area contributed by atoms with E-state index < -0.39 is 0 Å². The van der Waals surface area contributed by atoms with Gasteiger partial charge in [0.05, 0.1) is 0 Å². The van der Waals surface area contributed by atoms with E-state index in [1.54, 1.807) is 11.8 Å². The summed E-state index contributed by atoms with van der Waals surface area (Å²) >= 11 is 1.80. The number of fused-ring (bicyclic) bond motifs is 1. The number of nitrogens with zero attached hydrogens (tertiary/aromatic N) is 1. The molecule has 0 aromatic heterocycles. The molecule has 1 fully saturated rings. The second-order valence-corrected chi connectivity index (χ2v) is 6.50. The van der Waals surface area contributed by atoms with Crippen LogP contribution in [-0.4, -0.2) is 42.2 Å². The van der Waals surface area contributed by atoms with Crippen molar-refractivity contribution < 1.29 is 4.79 Å². The summed E-state index contributed by atoms with van der Waals surface area (Å²) in [4.78, 5) is 14.9. The number of hydrogen-bond acceptors (Lipinski definition) is 3.